The van der Waals surface area contributed by atoms with Crippen molar-refractivity contribution < 1.29 is 25.4 Å². The van der Waals surface area contributed by atoms with E-state index < -0.39 is 0 Å². The van der Waals surface area contributed by atoms with Crippen molar-refractivity contribution in [2.45, 2.75) is 20.8 Å². The minimum absolute atomic E-state index is 0. The second-order valence-electron chi connectivity index (χ2n) is 1.62. The summed E-state index contributed by atoms with van der Waals surface area (Å²) in [6.45, 7) is 10.1. The van der Waals surface area contributed by atoms with Crippen molar-refractivity contribution in [3.8, 4) is 0 Å². The Hall–Kier alpha value is 0.690. The Bertz CT molecular complexity index is 34.5. The van der Waals surface area contributed by atoms with Gasteiger partial charge in [-0.1, -0.05) is 20.8 Å². The monoisotopic (exact) mass is 229 g/mol. The summed E-state index contributed by atoms with van der Waals surface area (Å²) < 4.78 is 0. The number of nitrogens with zero attached hydrogens (tertiary/aromatic N) is 1. The Morgan fingerprint density at radius 1 is 1.00 bits per heavy atom. The van der Waals surface area contributed by atoms with Crippen molar-refractivity contribution in [1.82, 2.24) is 4.90 Å². The van der Waals surface area contributed by atoms with E-state index in [4.69, 9.17) is 0 Å². The fourth-order valence-corrected chi connectivity index (χ4v) is 0.671. The van der Waals surface area contributed by atoms with E-state index >= 15 is 0 Å². The fraction of sp³-hybridized carbons (Fsp3) is 1.00. The van der Waals surface area contributed by atoms with Gasteiger partial charge in [-0.2, -0.15) is 0 Å². The molecule has 0 aliphatic heterocycles. The van der Waals surface area contributed by atoms with Crippen molar-refractivity contribution >= 4 is 0 Å². The summed E-state index contributed by atoms with van der Waals surface area (Å²) >= 11 is 0. The SMILES string of the molecule is CCN(CC)CC.[H+].[I-]. The molecule has 0 aromatic heterocycles. The van der Waals surface area contributed by atoms with Gasteiger partial charge in [0.25, 0.3) is 0 Å². The van der Waals surface area contributed by atoms with Crippen LogP contribution in [-0.4, -0.2) is 24.5 Å². The molecule has 0 saturated carbocycles. The third-order valence-electron chi connectivity index (χ3n) is 1.34. The van der Waals surface area contributed by atoms with E-state index in [1.54, 1.807) is 0 Å². The number of rotatable bonds is 3. The molecule has 0 aliphatic carbocycles. The zero-order chi connectivity index (χ0) is 5.70. The van der Waals surface area contributed by atoms with Crippen LogP contribution in [0.1, 0.15) is 22.2 Å². The summed E-state index contributed by atoms with van der Waals surface area (Å²) in [6, 6.07) is 0. The molecular weight excluding hydrogens is 213 g/mol. The van der Waals surface area contributed by atoms with Gasteiger partial charge in [0.05, 0.1) is 0 Å². The highest BCUT2D eigenvalue weighted by Crippen LogP contribution is 1.81. The standard InChI is InChI=1S/C6H15N.HI/c1-4-7(5-2)6-3;/h4-6H2,1-3H3;1H. The summed E-state index contributed by atoms with van der Waals surface area (Å²) in [6.07, 6.45) is 0. The molecule has 52 valence electrons. The Morgan fingerprint density at radius 2 is 1.25 bits per heavy atom. The summed E-state index contributed by atoms with van der Waals surface area (Å²) in [7, 11) is 0. The molecule has 0 atom stereocenters. The average molecular weight is 229 g/mol. The Balaban J connectivity index is -0.000000180. The minimum Gasteiger partial charge on any atom is -1.00 e. The maximum Gasteiger partial charge on any atom is 1.00 e. The summed E-state index contributed by atoms with van der Waals surface area (Å²) in [5.41, 5.74) is 0. The van der Waals surface area contributed by atoms with Gasteiger partial charge in [0.15, 0.2) is 0 Å². The Labute approximate surface area is 71.0 Å². The van der Waals surface area contributed by atoms with Crippen LogP contribution in [0.25, 0.3) is 0 Å². The van der Waals surface area contributed by atoms with Crippen LogP contribution in [0.4, 0.5) is 0 Å². The third kappa shape index (κ3) is 4.84. The van der Waals surface area contributed by atoms with Gasteiger partial charge < -0.3 is 28.9 Å². The predicted octanol–water partition coefficient (Wildman–Crippen LogP) is -1.54. The van der Waals surface area contributed by atoms with Crippen LogP contribution in [0.5, 0.6) is 0 Å². The highest BCUT2D eigenvalue weighted by Gasteiger charge is 1.89. The topological polar surface area (TPSA) is 3.24 Å². The molecule has 0 radical (unpaired) electrons. The van der Waals surface area contributed by atoms with Crippen LogP contribution in [0.2, 0.25) is 0 Å². The molecule has 0 saturated heterocycles. The van der Waals surface area contributed by atoms with Gasteiger partial charge in [-0.25, -0.2) is 0 Å². The van der Waals surface area contributed by atoms with Crippen LogP contribution in [0, 0.1) is 0 Å². The van der Waals surface area contributed by atoms with Gasteiger partial charge >= 0.3 is 1.43 Å². The van der Waals surface area contributed by atoms with E-state index in [9.17, 15) is 0 Å². The predicted molar refractivity (Wildman–Crippen MR) is 34.6 cm³/mol. The van der Waals surface area contributed by atoms with Gasteiger partial charge in [0.2, 0.25) is 0 Å². The largest absolute Gasteiger partial charge is 1.00 e. The number of hydrogen-bond acceptors (Lipinski definition) is 1. The molecule has 0 rings (SSSR count). The molecule has 0 N–H and O–H groups in total. The third-order valence-corrected chi connectivity index (χ3v) is 1.34. The highest BCUT2D eigenvalue weighted by molar-refractivity contribution is 4.43. The first-order chi connectivity index (χ1) is 3.35. The second kappa shape index (κ2) is 7.69. The zero-order valence-electron chi connectivity index (χ0n) is 6.95. The molecule has 0 heterocycles. The van der Waals surface area contributed by atoms with Gasteiger partial charge in [-0.05, 0) is 19.6 Å². The van der Waals surface area contributed by atoms with E-state index in [0.717, 1.165) is 0 Å². The molecule has 0 aromatic rings. The molecule has 0 amide bonds. The maximum absolute atomic E-state index is 2.38. The van der Waals surface area contributed by atoms with Crippen LogP contribution >= 0.6 is 0 Å². The first kappa shape index (κ1) is 11.5. The van der Waals surface area contributed by atoms with Gasteiger partial charge in [0, 0.05) is 0 Å². The van der Waals surface area contributed by atoms with Crippen LogP contribution in [-0.2, 0) is 0 Å². The lowest BCUT2D eigenvalue weighted by Gasteiger charge is -2.13. The maximum atomic E-state index is 2.38. The second-order valence-corrected chi connectivity index (χ2v) is 1.62. The Kier molecular flexibility index (Phi) is 11.0. The molecule has 2 heteroatoms. The van der Waals surface area contributed by atoms with Crippen molar-refractivity contribution in [1.29, 1.82) is 0 Å². The minimum atomic E-state index is 0. The molecule has 0 bridgehead atoms. The molecule has 8 heavy (non-hydrogen) atoms. The first-order valence-electron chi connectivity index (χ1n) is 3.07. The lowest BCUT2D eigenvalue weighted by Crippen LogP contribution is -3.00. The fourth-order valence-electron chi connectivity index (χ4n) is 0.671. The lowest BCUT2D eigenvalue weighted by atomic mass is 10.5. The molecule has 1 nitrogen and oxygen atoms in total. The average Bonchev–Trinajstić information content (AvgIpc) is 1.72. The van der Waals surface area contributed by atoms with E-state index in [2.05, 4.69) is 25.7 Å². The Morgan fingerprint density at radius 3 is 1.25 bits per heavy atom. The van der Waals surface area contributed by atoms with E-state index in [-0.39, 0.29) is 25.4 Å². The van der Waals surface area contributed by atoms with Crippen molar-refractivity contribution in [2.75, 3.05) is 19.6 Å². The smallest absolute Gasteiger partial charge is 1.00 e. The van der Waals surface area contributed by atoms with Crippen LogP contribution in [0.15, 0.2) is 0 Å². The summed E-state index contributed by atoms with van der Waals surface area (Å²) in [5.74, 6) is 0. The van der Waals surface area contributed by atoms with E-state index in [1.807, 2.05) is 0 Å². The van der Waals surface area contributed by atoms with Gasteiger partial charge in [0.1, 0.15) is 0 Å². The molecule has 0 unspecified atom stereocenters. The first-order valence-corrected chi connectivity index (χ1v) is 3.07. The molecule has 0 spiro atoms. The molecule has 0 aromatic carbocycles. The number of halogens is 1. The van der Waals surface area contributed by atoms with E-state index in [0.29, 0.717) is 0 Å². The highest BCUT2D eigenvalue weighted by atomic mass is 127. The van der Waals surface area contributed by atoms with Crippen LogP contribution in [0.3, 0.4) is 0 Å². The molecule has 0 aliphatic rings. The lowest BCUT2D eigenvalue weighted by molar-refractivity contribution is -0.00000175. The molecule has 0 fully saturated rings. The summed E-state index contributed by atoms with van der Waals surface area (Å²) in [4.78, 5) is 2.38. The van der Waals surface area contributed by atoms with Crippen molar-refractivity contribution in [3.63, 3.8) is 0 Å². The zero-order valence-corrected chi connectivity index (χ0v) is 8.10. The summed E-state index contributed by atoms with van der Waals surface area (Å²) in [5, 5.41) is 0. The van der Waals surface area contributed by atoms with E-state index in [1.165, 1.54) is 19.6 Å². The van der Waals surface area contributed by atoms with Gasteiger partial charge in [-0.15, -0.1) is 0 Å². The van der Waals surface area contributed by atoms with Gasteiger partial charge in [-0.3, -0.25) is 0 Å². The van der Waals surface area contributed by atoms with Crippen LogP contribution < -0.4 is 24.0 Å². The number of hydrogen-bond donors (Lipinski definition) is 0. The van der Waals surface area contributed by atoms with Crippen molar-refractivity contribution in [3.05, 3.63) is 0 Å². The van der Waals surface area contributed by atoms with Crippen molar-refractivity contribution in [2.24, 2.45) is 0 Å². The quantitative estimate of drug-likeness (QED) is 0.530. The normalized spacial score (nSPS) is 9.00. The molecular formula is C6H16IN.